The van der Waals surface area contributed by atoms with E-state index in [0.717, 1.165) is 22.9 Å². The Morgan fingerprint density at radius 1 is 1.28 bits per heavy atom. The maximum atomic E-state index is 13.3. The molecule has 0 saturated heterocycles. The normalized spacial score (nSPS) is 12.7. The van der Waals surface area contributed by atoms with Gasteiger partial charge in [0.15, 0.2) is 0 Å². The molecule has 1 unspecified atom stereocenters. The number of nitrogens with two attached hydrogens (primary N) is 1. The number of unbranched alkanes of at least 4 members (excludes halogenated alkanes) is 3. The van der Waals surface area contributed by atoms with Crippen molar-refractivity contribution >= 4 is 15.9 Å². The van der Waals surface area contributed by atoms with Crippen molar-refractivity contribution in [3.05, 3.63) is 34.1 Å². The van der Waals surface area contributed by atoms with Crippen LogP contribution in [0.3, 0.4) is 0 Å². The summed E-state index contributed by atoms with van der Waals surface area (Å²) in [6, 6.07) is 5.20. The van der Waals surface area contributed by atoms with Gasteiger partial charge in [-0.2, -0.15) is 0 Å². The molecule has 1 aromatic carbocycles. The molecule has 3 N–H and O–H groups in total. The van der Waals surface area contributed by atoms with E-state index in [9.17, 15) is 4.39 Å². The van der Waals surface area contributed by atoms with Gasteiger partial charge >= 0.3 is 0 Å². The topological polar surface area (TPSA) is 38.0 Å². The molecule has 0 aliphatic carbocycles. The van der Waals surface area contributed by atoms with Crippen molar-refractivity contribution < 1.29 is 4.39 Å². The van der Waals surface area contributed by atoms with Crippen molar-refractivity contribution in [1.29, 1.82) is 0 Å². The smallest absolute Gasteiger partial charge is 0.124 e. The van der Waals surface area contributed by atoms with E-state index in [-0.39, 0.29) is 11.9 Å². The van der Waals surface area contributed by atoms with Gasteiger partial charge in [0.2, 0.25) is 0 Å². The third-order valence-corrected chi connectivity index (χ3v) is 3.50. The standard InChI is InChI=1S/C14H22BrFN2/c1-2-3-4-5-6-14(18-17)9-11-7-12(15)10-13(16)8-11/h7-8,10,14,18H,2-6,9,17H2,1H3. The van der Waals surface area contributed by atoms with Crippen LogP contribution < -0.4 is 11.3 Å². The van der Waals surface area contributed by atoms with Crippen LogP contribution in [0.5, 0.6) is 0 Å². The molecule has 0 fully saturated rings. The van der Waals surface area contributed by atoms with Gasteiger partial charge in [-0.3, -0.25) is 11.3 Å². The van der Waals surface area contributed by atoms with Crippen molar-refractivity contribution in [3.63, 3.8) is 0 Å². The first-order valence-electron chi connectivity index (χ1n) is 6.56. The number of halogens is 2. The Labute approximate surface area is 117 Å². The SMILES string of the molecule is CCCCCCC(Cc1cc(F)cc(Br)c1)NN. The van der Waals surface area contributed by atoms with E-state index in [2.05, 4.69) is 28.3 Å². The second-order valence-corrected chi connectivity index (χ2v) is 5.61. The highest BCUT2D eigenvalue weighted by atomic mass is 79.9. The quantitative estimate of drug-likeness (QED) is 0.433. The molecule has 0 saturated carbocycles. The predicted molar refractivity (Wildman–Crippen MR) is 77.7 cm³/mol. The Bertz CT molecular complexity index is 337. The molecule has 18 heavy (non-hydrogen) atoms. The Kier molecular flexibility index (Phi) is 7.47. The van der Waals surface area contributed by atoms with Crippen LogP contribution in [0.2, 0.25) is 0 Å². The molecule has 4 heteroatoms. The number of rotatable bonds is 8. The van der Waals surface area contributed by atoms with Crippen molar-refractivity contribution in [1.82, 2.24) is 5.43 Å². The van der Waals surface area contributed by atoms with Crippen LogP contribution in [-0.4, -0.2) is 6.04 Å². The van der Waals surface area contributed by atoms with E-state index in [1.54, 1.807) is 6.07 Å². The zero-order valence-corrected chi connectivity index (χ0v) is 12.5. The molecule has 0 aromatic heterocycles. The fourth-order valence-corrected chi connectivity index (χ4v) is 2.59. The second kappa shape index (κ2) is 8.62. The van der Waals surface area contributed by atoms with Crippen molar-refractivity contribution in [3.8, 4) is 0 Å². The Balaban J connectivity index is 2.46. The van der Waals surface area contributed by atoms with Gasteiger partial charge in [-0.1, -0.05) is 48.5 Å². The van der Waals surface area contributed by atoms with Crippen LogP contribution in [0.25, 0.3) is 0 Å². The molecule has 0 radical (unpaired) electrons. The van der Waals surface area contributed by atoms with Gasteiger partial charge < -0.3 is 0 Å². The minimum Gasteiger partial charge on any atom is -0.271 e. The summed E-state index contributed by atoms with van der Waals surface area (Å²) in [6.45, 7) is 2.20. The molecular formula is C14H22BrFN2. The van der Waals surface area contributed by atoms with Crippen LogP contribution in [0.1, 0.15) is 44.6 Å². The highest BCUT2D eigenvalue weighted by Crippen LogP contribution is 2.17. The number of nitrogens with one attached hydrogen (secondary N) is 1. The van der Waals surface area contributed by atoms with Gasteiger partial charge in [0.1, 0.15) is 5.82 Å². The molecule has 1 rings (SSSR count). The molecule has 1 atom stereocenters. The van der Waals surface area contributed by atoms with Gasteiger partial charge in [-0.15, -0.1) is 0 Å². The van der Waals surface area contributed by atoms with Crippen molar-refractivity contribution in [2.24, 2.45) is 5.84 Å². The zero-order valence-electron chi connectivity index (χ0n) is 10.9. The molecule has 0 bridgehead atoms. The number of hydrazine groups is 1. The lowest BCUT2D eigenvalue weighted by molar-refractivity contribution is 0.462. The molecule has 0 aliphatic heterocycles. The third-order valence-electron chi connectivity index (χ3n) is 3.05. The molecule has 0 heterocycles. The fourth-order valence-electron chi connectivity index (χ4n) is 2.08. The van der Waals surface area contributed by atoms with Gasteiger partial charge in [0.05, 0.1) is 0 Å². The van der Waals surface area contributed by atoms with Crippen LogP contribution in [0.15, 0.2) is 22.7 Å². The summed E-state index contributed by atoms with van der Waals surface area (Å²) in [5.74, 6) is 5.35. The number of hydrogen-bond donors (Lipinski definition) is 2. The average Bonchev–Trinajstić information content (AvgIpc) is 2.32. The predicted octanol–water partition coefficient (Wildman–Crippen LogP) is 3.93. The molecular weight excluding hydrogens is 295 g/mol. The summed E-state index contributed by atoms with van der Waals surface area (Å²) >= 11 is 3.31. The molecule has 1 aromatic rings. The summed E-state index contributed by atoms with van der Waals surface area (Å²) < 4.78 is 14.0. The molecule has 0 spiro atoms. The van der Waals surface area contributed by atoms with Crippen molar-refractivity contribution in [2.75, 3.05) is 0 Å². The van der Waals surface area contributed by atoms with E-state index >= 15 is 0 Å². The van der Waals surface area contributed by atoms with Crippen LogP contribution in [-0.2, 0) is 6.42 Å². The molecule has 2 nitrogen and oxygen atoms in total. The maximum absolute atomic E-state index is 13.3. The van der Waals surface area contributed by atoms with Crippen molar-refractivity contribution in [2.45, 2.75) is 51.5 Å². The van der Waals surface area contributed by atoms with Gasteiger partial charge in [0.25, 0.3) is 0 Å². The Morgan fingerprint density at radius 2 is 2.06 bits per heavy atom. The summed E-state index contributed by atoms with van der Waals surface area (Å²) in [5, 5.41) is 0. The van der Waals surface area contributed by atoms with Crippen LogP contribution >= 0.6 is 15.9 Å². The lowest BCUT2D eigenvalue weighted by Crippen LogP contribution is -2.36. The summed E-state index contributed by atoms with van der Waals surface area (Å²) in [4.78, 5) is 0. The minimum atomic E-state index is -0.207. The summed E-state index contributed by atoms with van der Waals surface area (Å²) in [5.41, 5.74) is 3.80. The maximum Gasteiger partial charge on any atom is 0.124 e. The lowest BCUT2D eigenvalue weighted by Gasteiger charge is -2.16. The average molecular weight is 317 g/mol. The monoisotopic (exact) mass is 316 g/mol. The Hall–Kier alpha value is -0.450. The van der Waals surface area contributed by atoms with E-state index in [0.29, 0.717) is 0 Å². The number of hydrogen-bond acceptors (Lipinski definition) is 2. The van der Waals surface area contributed by atoms with Crippen LogP contribution in [0, 0.1) is 5.82 Å². The van der Waals surface area contributed by atoms with Gasteiger partial charge in [0, 0.05) is 10.5 Å². The van der Waals surface area contributed by atoms with E-state index in [4.69, 9.17) is 5.84 Å². The first-order valence-corrected chi connectivity index (χ1v) is 7.36. The zero-order chi connectivity index (χ0) is 13.4. The third kappa shape index (κ3) is 5.94. The molecule has 0 aliphatic rings. The van der Waals surface area contributed by atoms with Gasteiger partial charge in [-0.05, 0) is 36.6 Å². The highest BCUT2D eigenvalue weighted by molar-refractivity contribution is 9.10. The largest absolute Gasteiger partial charge is 0.271 e. The lowest BCUT2D eigenvalue weighted by atomic mass is 10.0. The van der Waals surface area contributed by atoms with Crippen LogP contribution in [0.4, 0.5) is 4.39 Å². The fraction of sp³-hybridized carbons (Fsp3) is 0.571. The second-order valence-electron chi connectivity index (χ2n) is 4.69. The number of benzene rings is 1. The summed E-state index contributed by atoms with van der Waals surface area (Å²) in [7, 11) is 0. The highest BCUT2D eigenvalue weighted by Gasteiger charge is 2.09. The minimum absolute atomic E-state index is 0.207. The molecule has 102 valence electrons. The Morgan fingerprint density at radius 3 is 2.67 bits per heavy atom. The first kappa shape index (κ1) is 15.6. The van der Waals surface area contributed by atoms with Gasteiger partial charge in [-0.25, -0.2) is 4.39 Å². The summed E-state index contributed by atoms with van der Waals surface area (Å²) in [6.07, 6.45) is 6.70. The molecule has 0 amide bonds. The van der Waals surface area contributed by atoms with E-state index in [1.165, 1.54) is 31.7 Å². The van der Waals surface area contributed by atoms with E-state index in [1.807, 2.05) is 6.07 Å². The first-order chi connectivity index (χ1) is 8.65. The van der Waals surface area contributed by atoms with E-state index < -0.39 is 0 Å².